The molecule has 2 aromatic heterocycles. The zero-order valence-electron chi connectivity index (χ0n) is 25.1. The Hall–Kier alpha value is -6.11. The molecule has 0 spiro atoms. The molecule has 236 valence electrons. The van der Waals surface area contributed by atoms with Crippen LogP contribution in [-0.4, -0.2) is 84.6 Å². The van der Waals surface area contributed by atoms with Crippen LogP contribution in [-0.2, 0) is 41.8 Å². The van der Waals surface area contributed by atoms with E-state index in [0.717, 1.165) is 32.1 Å². The van der Waals surface area contributed by atoms with E-state index in [-0.39, 0.29) is 32.8 Å². The second-order valence-electron chi connectivity index (χ2n) is 9.36. The number of amides is 2. The second kappa shape index (κ2) is 17.9. The molecule has 0 unspecified atom stereocenters. The van der Waals surface area contributed by atoms with E-state index >= 15 is 0 Å². The molecule has 46 heavy (non-hydrogen) atoms. The molecule has 0 aliphatic rings. The van der Waals surface area contributed by atoms with Gasteiger partial charge < -0.3 is 24.4 Å². The number of carboxylic acid groups (broad SMARTS) is 1. The normalized spacial score (nSPS) is 10.0. The van der Waals surface area contributed by atoms with Crippen molar-refractivity contribution in [2.45, 2.75) is 20.0 Å². The summed E-state index contributed by atoms with van der Waals surface area (Å²) in [5, 5.41) is 8.78. The van der Waals surface area contributed by atoms with Gasteiger partial charge in [-0.1, -0.05) is 66.7 Å². The van der Waals surface area contributed by atoms with Crippen molar-refractivity contribution < 1.29 is 33.8 Å². The Balaban J connectivity index is 0.000000251. The number of aromatic nitrogens is 4. The minimum absolute atomic E-state index is 0.0201. The number of esters is 1. The lowest BCUT2D eigenvalue weighted by Gasteiger charge is -2.18. The maximum Gasteiger partial charge on any atom is 0.397 e. The van der Waals surface area contributed by atoms with Gasteiger partial charge in [0.15, 0.2) is 0 Å². The van der Waals surface area contributed by atoms with Gasteiger partial charge in [-0.3, -0.25) is 9.59 Å². The Morgan fingerprint density at radius 3 is 1.52 bits per heavy atom. The molecule has 4 rings (SSSR count). The average molecular weight is 625 g/mol. The monoisotopic (exact) mass is 624 g/mol. The van der Waals surface area contributed by atoms with Gasteiger partial charge in [0.25, 0.3) is 0 Å². The Labute approximate surface area is 265 Å². The summed E-state index contributed by atoms with van der Waals surface area (Å²) in [6.45, 7) is 5.05. The summed E-state index contributed by atoms with van der Waals surface area (Å²) >= 11 is 0. The Morgan fingerprint density at radius 2 is 1.15 bits per heavy atom. The van der Waals surface area contributed by atoms with E-state index in [4.69, 9.17) is 5.11 Å². The molecule has 0 saturated heterocycles. The molecule has 4 aromatic rings. The Kier molecular flexibility index (Phi) is 13.4. The van der Waals surface area contributed by atoms with Crippen molar-refractivity contribution >= 4 is 30.0 Å². The molecular formula is C33H32N6O7. The van der Waals surface area contributed by atoms with E-state index in [1.807, 2.05) is 60.7 Å². The van der Waals surface area contributed by atoms with Crippen molar-refractivity contribution in [2.24, 2.45) is 0 Å². The third-order valence-electron chi connectivity index (χ3n) is 6.14. The molecule has 0 fully saturated rings. The van der Waals surface area contributed by atoms with Crippen LogP contribution in [0.5, 0.6) is 0 Å². The van der Waals surface area contributed by atoms with Crippen molar-refractivity contribution in [3.63, 3.8) is 0 Å². The number of benzene rings is 2. The van der Waals surface area contributed by atoms with Gasteiger partial charge in [-0.2, -0.15) is 0 Å². The molecule has 2 aromatic carbocycles. The van der Waals surface area contributed by atoms with E-state index in [1.54, 1.807) is 31.7 Å². The SMILES string of the molecule is C=CCN(Cc1ncc(-c2ccccc2)cn1)C(=O)C(=O)O.CCOC(=O)C(=O)N(CC=O)Cc1ncc(-c2ccccc2)cn1. The zero-order chi connectivity index (χ0) is 33.3. The molecule has 0 aliphatic heterocycles. The van der Waals surface area contributed by atoms with Gasteiger partial charge in [-0.15, -0.1) is 6.58 Å². The highest BCUT2D eigenvalue weighted by Gasteiger charge is 2.24. The maximum atomic E-state index is 12.0. The highest BCUT2D eigenvalue weighted by Crippen LogP contribution is 2.17. The predicted octanol–water partition coefficient (Wildman–Crippen LogP) is 2.98. The number of carbonyl (C=O) groups is 5. The van der Waals surface area contributed by atoms with Crippen molar-refractivity contribution in [1.29, 1.82) is 0 Å². The first kappa shape index (κ1) is 34.4. The van der Waals surface area contributed by atoms with Crippen LogP contribution < -0.4 is 0 Å². The average Bonchev–Trinajstić information content (AvgIpc) is 3.09. The Bertz CT molecular complexity index is 1620. The number of carbonyl (C=O) groups excluding carboxylic acids is 4. The molecule has 0 aliphatic carbocycles. The van der Waals surface area contributed by atoms with E-state index in [1.165, 1.54) is 6.08 Å². The molecule has 0 bridgehead atoms. The van der Waals surface area contributed by atoms with Crippen molar-refractivity contribution in [3.05, 3.63) is 110 Å². The van der Waals surface area contributed by atoms with E-state index < -0.39 is 23.8 Å². The number of nitrogens with zero attached hydrogens (tertiary/aromatic N) is 6. The summed E-state index contributed by atoms with van der Waals surface area (Å²) in [5.41, 5.74) is 3.64. The molecule has 0 atom stereocenters. The highest BCUT2D eigenvalue weighted by atomic mass is 16.5. The van der Waals surface area contributed by atoms with E-state index in [0.29, 0.717) is 17.9 Å². The van der Waals surface area contributed by atoms with Crippen molar-refractivity contribution in [2.75, 3.05) is 19.7 Å². The van der Waals surface area contributed by atoms with Gasteiger partial charge in [0.05, 0.1) is 26.2 Å². The van der Waals surface area contributed by atoms with Crippen LogP contribution in [0.25, 0.3) is 22.3 Å². The first-order valence-electron chi connectivity index (χ1n) is 14.0. The van der Waals surface area contributed by atoms with Gasteiger partial charge >= 0.3 is 23.8 Å². The summed E-state index contributed by atoms with van der Waals surface area (Å²) in [5.74, 6) is -3.70. The lowest BCUT2D eigenvalue weighted by atomic mass is 10.1. The number of hydrogen-bond acceptors (Lipinski definition) is 10. The fourth-order valence-electron chi connectivity index (χ4n) is 3.92. The molecule has 2 heterocycles. The molecule has 2 amide bonds. The summed E-state index contributed by atoms with van der Waals surface area (Å²) in [4.78, 5) is 75.5. The second-order valence-corrected chi connectivity index (χ2v) is 9.36. The third kappa shape index (κ3) is 10.3. The number of aliphatic carboxylic acids is 1. The van der Waals surface area contributed by atoms with Gasteiger partial charge in [-0.05, 0) is 18.1 Å². The standard InChI is InChI=1S/C17H17N3O4.C16H15N3O3/c1-2-24-17(23)16(22)20(8-9-21)12-15-18-10-14(11-19-15)13-6-4-3-5-7-13;1-2-8-19(15(20)16(21)22)11-14-17-9-13(10-18-14)12-6-4-3-5-7-12/h3-7,9-11H,2,8,12H2,1H3;2-7,9-10H,1,8,11H2,(H,21,22). The summed E-state index contributed by atoms with van der Waals surface area (Å²) < 4.78 is 4.66. The number of rotatable bonds is 11. The van der Waals surface area contributed by atoms with Gasteiger partial charge in [-0.25, -0.2) is 29.5 Å². The number of hydrogen-bond donors (Lipinski definition) is 1. The maximum absolute atomic E-state index is 12.0. The van der Waals surface area contributed by atoms with Gasteiger partial charge in [0.2, 0.25) is 0 Å². The zero-order valence-corrected chi connectivity index (χ0v) is 25.1. The van der Waals surface area contributed by atoms with Gasteiger partial charge in [0.1, 0.15) is 17.9 Å². The van der Waals surface area contributed by atoms with Crippen LogP contribution in [0.3, 0.4) is 0 Å². The van der Waals surface area contributed by atoms with Crippen LogP contribution in [0.15, 0.2) is 98.1 Å². The molecule has 0 radical (unpaired) electrons. The van der Waals surface area contributed by atoms with Crippen LogP contribution in [0, 0.1) is 0 Å². The first-order valence-corrected chi connectivity index (χ1v) is 14.0. The number of ether oxygens (including phenoxy) is 1. The highest BCUT2D eigenvalue weighted by molar-refractivity contribution is 6.32. The molecule has 1 N–H and O–H groups in total. The fourth-order valence-corrected chi connectivity index (χ4v) is 3.92. The lowest BCUT2D eigenvalue weighted by molar-refractivity contribution is -0.160. The first-order chi connectivity index (χ1) is 22.3. The van der Waals surface area contributed by atoms with Crippen molar-refractivity contribution in [3.8, 4) is 22.3 Å². The van der Waals surface area contributed by atoms with Crippen LogP contribution in [0.4, 0.5) is 0 Å². The summed E-state index contributed by atoms with van der Waals surface area (Å²) in [6, 6.07) is 19.2. The molecule has 13 nitrogen and oxygen atoms in total. The molecule has 13 heteroatoms. The van der Waals surface area contributed by atoms with Crippen LogP contribution in [0.2, 0.25) is 0 Å². The smallest absolute Gasteiger partial charge is 0.397 e. The third-order valence-corrected chi connectivity index (χ3v) is 6.14. The van der Waals surface area contributed by atoms with E-state index in [2.05, 4.69) is 31.3 Å². The number of aldehydes is 1. The summed E-state index contributed by atoms with van der Waals surface area (Å²) in [6.07, 6.45) is 8.55. The predicted molar refractivity (Wildman–Crippen MR) is 166 cm³/mol. The molecule has 0 saturated carbocycles. The molecular weight excluding hydrogens is 592 g/mol. The lowest BCUT2D eigenvalue weighted by Crippen LogP contribution is -2.38. The van der Waals surface area contributed by atoms with E-state index in [9.17, 15) is 24.0 Å². The minimum atomic E-state index is -1.51. The fraction of sp³-hybridized carbons (Fsp3) is 0.182. The number of carboxylic acids is 1. The van der Waals surface area contributed by atoms with Gasteiger partial charge in [0, 0.05) is 42.5 Å². The van der Waals surface area contributed by atoms with Crippen LogP contribution in [0.1, 0.15) is 18.6 Å². The van der Waals surface area contributed by atoms with Crippen molar-refractivity contribution in [1.82, 2.24) is 29.7 Å². The topological polar surface area (TPSA) is 173 Å². The van der Waals surface area contributed by atoms with Crippen LogP contribution >= 0.6 is 0 Å². The quantitative estimate of drug-likeness (QED) is 0.112. The Morgan fingerprint density at radius 1 is 0.717 bits per heavy atom. The minimum Gasteiger partial charge on any atom is -0.474 e. The summed E-state index contributed by atoms with van der Waals surface area (Å²) in [7, 11) is 0. The largest absolute Gasteiger partial charge is 0.474 e.